The van der Waals surface area contributed by atoms with Crippen LogP contribution >= 0.6 is 0 Å². The summed E-state index contributed by atoms with van der Waals surface area (Å²) < 4.78 is 4.98. The monoisotopic (exact) mass is 254 g/mol. The SMILES string of the molecule is CC(C)(C)OC(=O)Nc1ccc([N+](=O)[O-])cc1O. The predicted molar refractivity (Wildman–Crippen MR) is 64.6 cm³/mol. The number of rotatable bonds is 2. The molecule has 0 fully saturated rings. The van der Waals surface area contributed by atoms with Crippen molar-refractivity contribution in [2.75, 3.05) is 5.32 Å². The molecule has 1 amide bonds. The normalized spacial score (nSPS) is 10.8. The van der Waals surface area contributed by atoms with Crippen LogP contribution in [-0.4, -0.2) is 21.7 Å². The average Bonchev–Trinajstić information content (AvgIpc) is 2.17. The number of phenolic OH excluding ortho intramolecular Hbond substituents is 1. The third-order valence-electron chi connectivity index (χ3n) is 1.83. The molecule has 0 aliphatic rings. The average molecular weight is 254 g/mol. The molecule has 1 aromatic carbocycles. The van der Waals surface area contributed by atoms with E-state index in [-0.39, 0.29) is 11.4 Å². The van der Waals surface area contributed by atoms with Gasteiger partial charge in [-0.1, -0.05) is 0 Å². The van der Waals surface area contributed by atoms with Crippen LogP contribution in [0.4, 0.5) is 16.2 Å². The summed E-state index contributed by atoms with van der Waals surface area (Å²) in [4.78, 5) is 21.2. The number of carbonyl (C=O) groups is 1. The van der Waals surface area contributed by atoms with Crippen LogP contribution in [-0.2, 0) is 4.74 Å². The standard InChI is InChI=1S/C11H14N2O5/c1-11(2,3)18-10(15)12-8-5-4-7(13(16)17)6-9(8)14/h4-6,14H,1-3H3,(H,12,15). The highest BCUT2D eigenvalue weighted by Gasteiger charge is 2.18. The summed E-state index contributed by atoms with van der Waals surface area (Å²) in [6.07, 6.45) is -0.744. The second kappa shape index (κ2) is 4.91. The van der Waals surface area contributed by atoms with Crippen LogP contribution in [0.1, 0.15) is 20.8 Å². The smallest absolute Gasteiger partial charge is 0.412 e. The van der Waals surface area contributed by atoms with Gasteiger partial charge in [0.15, 0.2) is 0 Å². The molecule has 7 heteroatoms. The Morgan fingerprint density at radius 3 is 2.50 bits per heavy atom. The van der Waals surface area contributed by atoms with Crippen LogP contribution in [0.2, 0.25) is 0 Å². The fraction of sp³-hybridized carbons (Fsp3) is 0.364. The quantitative estimate of drug-likeness (QED) is 0.480. The number of hydrogen-bond donors (Lipinski definition) is 2. The van der Waals surface area contributed by atoms with Gasteiger partial charge in [0.2, 0.25) is 0 Å². The van der Waals surface area contributed by atoms with Gasteiger partial charge in [0.1, 0.15) is 11.4 Å². The van der Waals surface area contributed by atoms with Crippen molar-refractivity contribution in [3.63, 3.8) is 0 Å². The molecule has 0 aliphatic heterocycles. The van der Waals surface area contributed by atoms with Gasteiger partial charge >= 0.3 is 6.09 Å². The van der Waals surface area contributed by atoms with Gasteiger partial charge in [-0.2, -0.15) is 0 Å². The van der Waals surface area contributed by atoms with Gasteiger partial charge in [-0.15, -0.1) is 0 Å². The lowest BCUT2D eigenvalue weighted by atomic mass is 10.2. The van der Waals surface area contributed by atoms with Crippen LogP contribution in [0.3, 0.4) is 0 Å². The fourth-order valence-corrected chi connectivity index (χ4v) is 1.15. The molecule has 1 rings (SSSR count). The highest BCUT2D eigenvalue weighted by molar-refractivity contribution is 5.87. The minimum Gasteiger partial charge on any atom is -0.506 e. The van der Waals surface area contributed by atoms with Crippen LogP contribution in [0.25, 0.3) is 0 Å². The molecule has 0 saturated carbocycles. The Bertz CT molecular complexity index is 479. The Balaban J connectivity index is 2.80. The molecular weight excluding hydrogens is 240 g/mol. The summed E-state index contributed by atoms with van der Waals surface area (Å²) >= 11 is 0. The molecule has 18 heavy (non-hydrogen) atoms. The largest absolute Gasteiger partial charge is 0.506 e. The molecule has 0 bridgehead atoms. The lowest BCUT2D eigenvalue weighted by Crippen LogP contribution is -2.27. The number of nitrogens with one attached hydrogen (secondary N) is 1. The Morgan fingerprint density at radius 2 is 2.06 bits per heavy atom. The van der Waals surface area contributed by atoms with E-state index in [9.17, 15) is 20.0 Å². The number of nitro benzene ring substituents is 1. The van der Waals surface area contributed by atoms with Gasteiger partial charge in [0, 0.05) is 6.07 Å². The van der Waals surface area contributed by atoms with Crippen molar-refractivity contribution in [3.8, 4) is 5.75 Å². The second-order valence-corrected chi connectivity index (χ2v) is 4.59. The van der Waals surface area contributed by atoms with Gasteiger partial charge < -0.3 is 9.84 Å². The van der Waals surface area contributed by atoms with E-state index in [1.165, 1.54) is 12.1 Å². The molecule has 0 radical (unpaired) electrons. The molecule has 0 saturated heterocycles. The number of ether oxygens (including phenoxy) is 1. The Morgan fingerprint density at radius 1 is 1.44 bits per heavy atom. The minimum absolute atomic E-state index is 0.0508. The Labute approximate surface area is 104 Å². The number of anilines is 1. The van der Waals surface area contributed by atoms with Crippen molar-refractivity contribution in [3.05, 3.63) is 28.3 Å². The zero-order chi connectivity index (χ0) is 13.9. The number of amides is 1. The summed E-state index contributed by atoms with van der Waals surface area (Å²) in [5.41, 5.74) is -0.877. The van der Waals surface area contributed by atoms with E-state index >= 15 is 0 Å². The molecule has 0 atom stereocenters. The van der Waals surface area contributed by atoms with E-state index in [0.717, 1.165) is 6.07 Å². The summed E-state index contributed by atoms with van der Waals surface area (Å²) in [6, 6.07) is 3.36. The molecule has 0 spiro atoms. The van der Waals surface area contributed by atoms with Crippen LogP contribution in [0.15, 0.2) is 18.2 Å². The van der Waals surface area contributed by atoms with E-state index in [2.05, 4.69) is 5.32 Å². The van der Waals surface area contributed by atoms with Crippen molar-refractivity contribution >= 4 is 17.5 Å². The van der Waals surface area contributed by atoms with E-state index in [1.807, 2.05) is 0 Å². The lowest BCUT2D eigenvalue weighted by Gasteiger charge is -2.19. The first kappa shape index (κ1) is 13.8. The van der Waals surface area contributed by atoms with Crippen molar-refractivity contribution in [1.82, 2.24) is 0 Å². The summed E-state index contributed by atoms with van der Waals surface area (Å²) in [5, 5.41) is 22.3. The van der Waals surface area contributed by atoms with Gasteiger partial charge in [0.25, 0.3) is 5.69 Å². The van der Waals surface area contributed by atoms with E-state index in [4.69, 9.17) is 4.74 Å². The molecule has 0 unspecified atom stereocenters. The topological polar surface area (TPSA) is 102 Å². The van der Waals surface area contributed by atoms with Crippen LogP contribution in [0, 0.1) is 10.1 Å². The number of non-ortho nitro benzene ring substituents is 1. The maximum absolute atomic E-state index is 11.4. The van der Waals surface area contributed by atoms with Crippen molar-refractivity contribution in [1.29, 1.82) is 0 Å². The van der Waals surface area contributed by atoms with E-state index in [0.29, 0.717) is 0 Å². The molecule has 2 N–H and O–H groups in total. The number of nitrogens with zero attached hydrogens (tertiary/aromatic N) is 1. The van der Waals surface area contributed by atoms with E-state index < -0.39 is 22.4 Å². The van der Waals surface area contributed by atoms with Gasteiger partial charge in [-0.25, -0.2) is 4.79 Å². The third kappa shape index (κ3) is 3.93. The Hall–Kier alpha value is -2.31. The number of benzene rings is 1. The maximum Gasteiger partial charge on any atom is 0.412 e. The zero-order valence-corrected chi connectivity index (χ0v) is 10.3. The minimum atomic E-state index is -0.744. The maximum atomic E-state index is 11.4. The summed E-state index contributed by atoms with van der Waals surface area (Å²) in [5.74, 6) is -0.393. The number of phenols is 1. The van der Waals surface area contributed by atoms with Gasteiger partial charge in [-0.05, 0) is 26.8 Å². The van der Waals surface area contributed by atoms with Gasteiger partial charge in [-0.3, -0.25) is 15.4 Å². The molecule has 7 nitrogen and oxygen atoms in total. The van der Waals surface area contributed by atoms with Crippen LogP contribution in [0.5, 0.6) is 5.75 Å². The third-order valence-corrected chi connectivity index (χ3v) is 1.83. The second-order valence-electron chi connectivity index (χ2n) is 4.59. The lowest BCUT2D eigenvalue weighted by molar-refractivity contribution is -0.384. The van der Waals surface area contributed by atoms with Crippen molar-refractivity contribution in [2.24, 2.45) is 0 Å². The number of nitro groups is 1. The molecule has 0 aromatic heterocycles. The first-order chi connectivity index (χ1) is 8.19. The number of hydrogen-bond acceptors (Lipinski definition) is 5. The summed E-state index contributed by atoms with van der Waals surface area (Å²) in [7, 11) is 0. The molecule has 1 aromatic rings. The predicted octanol–water partition coefficient (Wildman–Crippen LogP) is 2.65. The number of aromatic hydroxyl groups is 1. The van der Waals surface area contributed by atoms with Gasteiger partial charge in [0.05, 0.1) is 16.7 Å². The molecular formula is C11H14N2O5. The molecule has 98 valence electrons. The molecule has 0 heterocycles. The van der Waals surface area contributed by atoms with E-state index in [1.54, 1.807) is 20.8 Å². The highest BCUT2D eigenvalue weighted by Crippen LogP contribution is 2.28. The van der Waals surface area contributed by atoms with Crippen molar-refractivity contribution < 1.29 is 19.6 Å². The number of carbonyl (C=O) groups excluding carboxylic acids is 1. The molecule has 0 aliphatic carbocycles. The first-order valence-corrected chi connectivity index (χ1v) is 5.16. The Kier molecular flexibility index (Phi) is 3.75. The highest BCUT2D eigenvalue weighted by atomic mass is 16.6. The van der Waals surface area contributed by atoms with Crippen molar-refractivity contribution in [2.45, 2.75) is 26.4 Å². The first-order valence-electron chi connectivity index (χ1n) is 5.16. The summed E-state index contributed by atoms with van der Waals surface area (Å²) in [6.45, 7) is 5.09. The zero-order valence-electron chi connectivity index (χ0n) is 10.3. The fourth-order valence-electron chi connectivity index (χ4n) is 1.15. The van der Waals surface area contributed by atoms with Crippen LogP contribution < -0.4 is 5.32 Å².